The van der Waals surface area contributed by atoms with Crippen LogP contribution in [0.1, 0.15) is 19.3 Å². The van der Waals surface area contributed by atoms with Crippen molar-refractivity contribution >= 4 is 17.6 Å². The Balaban J connectivity index is 1.56. The summed E-state index contributed by atoms with van der Waals surface area (Å²) in [6, 6.07) is 10.6. The number of hydrogen-bond donors (Lipinski definition) is 2. The van der Waals surface area contributed by atoms with Crippen LogP contribution in [0.25, 0.3) is 0 Å². The molecule has 1 aromatic heterocycles. The summed E-state index contributed by atoms with van der Waals surface area (Å²) in [6.07, 6.45) is 4.88. The lowest BCUT2D eigenvalue weighted by Gasteiger charge is -2.11. The van der Waals surface area contributed by atoms with Gasteiger partial charge in [0, 0.05) is 24.0 Å². The maximum absolute atomic E-state index is 12.2. The number of anilines is 1. The van der Waals surface area contributed by atoms with E-state index in [0.29, 0.717) is 36.4 Å². The number of aliphatic carboxylic acids is 1. The number of aromatic nitrogens is 1. The molecule has 2 atom stereocenters. The van der Waals surface area contributed by atoms with Crippen LogP contribution in [0.15, 0.2) is 48.8 Å². The molecule has 6 heteroatoms. The number of amides is 1. The molecule has 1 amide bonds. The Morgan fingerprint density at radius 3 is 2.25 bits per heavy atom. The van der Waals surface area contributed by atoms with Crippen molar-refractivity contribution in [1.29, 1.82) is 0 Å². The van der Waals surface area contributed by atoms with Gasteiger partial charge in [0.15, 0.2) is 0 Å². The van der Waals surface area contributed by atoms with Crippen molar-refractivity contribution in [1.82, 2.24) is 4.98 Å². The molecule has 1 aliphatic rings. The van der Waals surface area contributed by atoms with E-state index in [-0.39, 0.29) is 11.8 Å². The third kappa shape index (κ3) is 3.90. The topological polar surface area (TPSA) is 88.5 Å². The van der Waals surface area contributed by atoms with Gasteiger partial charge in [-0.25, -0.2) is 0 Å². The molecule has 1 aliphatic carbocycles. The van der Waals surface area contributed by atoms with Crippen LogP contribution in [0.4, 0.5) is 5.69 Å². The van der Waals surface area contributed by atoms with Crippen LogP contribution >= 0.6 is 0 Å². The summed E-state index contributed by atoms with van der Waals surface area (Å²) < 4.78 is 5.66. The second-order valence-electron chi connectivity index (χ2n) is 5.84. The minimum absolute atomic E-state index is 0.124. The molecule has 0 bridgehead atoms. The van der Waals surface area contributed by atoms with Crippen molar-refractivity contribution in [3.63, 3.8) is 0 Å². The lowest BCUT2D eigenvalue weighted by Crippen LogP contribution is -2.21. The summed E-state index contributed by atoms with van der Waals surface area (Å²) in [4.78, 5) is 27.1. The summed E-state index contributed by atoms with van der Waals surface area (Å²) in [5, 5.41) is 11.8. The zero-order chi connectivity index (χ0) is 16.9. The molecular weight excluding hydrogens is 308 g/mol. The van der Waals surface area contributed by atoms with Crippen molar-refractivity contribution in [2.45, 2.75) is 19.3 Å². The summed E-state index contributed by atoms with van der Waals surface area (Å²) in [5.74, 6) is -0.237. The van der Waals surface area contributed by atoms with Gasteiger partial charge in [0.2, 0.25) is 5.91 Å². The highest BCUT2D eigenvalue weighted by Gasteiger charge is 2.33. The highest BCUT2D eigenvalue weighted by atomic mass is 16.5. The van der Waals surface area contributed by atoms with Crippen LogP contribution in [-0.4, -0.2) is 22.0 Å². The fourth-order valence-corrected chi connectivity index (χ4v) is 2.84. The fraction of sp³-hybridized carbons (Fsp3) is 0.278. The van der Waals surface area contributed by atoms with Gasteiger partial charge in [0.25, 0.3) is 0 Å². The van der Waals surface area contributed by atoms with Gasteiger partial charge in [0.05, 0.1) is 5.92 Å². The first kappa shape index (κ1) is 16.0. The third-order valence-electron chi connectivity index (χ3n) is 4.16. The normalized spacial score (nSPS) is 19.7. The van der Waals surface area contributed by atoms with Crippen molar-refractivity contribution < 1.29 is 19.4 Å². The van der Waals surface area contributed by atoms with Gasteiger partial charge in [-0.3, -0.25) is 14.6 Å². The standard InChI is InChI=1S/C18H18N2O4/c21-17(12-1-2-13(11-12)18(22)23)20-14-3-5-15(6-4-14)24-16-7-9-19-10-8-16/h3-10,12-13H,1-2,11H2,(H,20,21)(H,22,23)/t12-,13+/m0/s1. The van der Waals surface area contributed by atoms with Crippen molar-refractivity contribution in [3.05, 3.63) is 48.8 Å². The van der Waals surface area contributed by atoms with Crippen LogP contribution in [0, 0.1) is 11.8 Å². The molecule has 2 aromatic rings. The first-order chi connectivity index (χ1) is 11.6. The molecule has 2 N–H and O–H groups in total. The van der Waals surface area contributed by atoms with E-state index in [4.69, 9.17) is 9.84 Å². The second kappa shape index (κ2) is 7.12. The number of ether oxygens (including phenoxy) is 1. The van der Waals surface area contributed by atoms with E-state index in [0.717, 1.165) is 0 Å². The van der Waals surface area contributed by atoms with Crippen LogP contribution in [0.5, 0.6) is 11.5 Å². The average molecular weight is 326 g/mol. The van der Waals surface area contributed by atoms with E-state index in [9.17, 15) is 9.59 Å². The van der Waals surface area contributed by atoms with E-state index < -0.39 is 11.9 Å². The van der Waals surface area contributed by atoms with Crippen LogP contribution in [0.2, 0.25) is 0 Å². The van der Waals surface area contributed by atoms with Crippen molar-refractivity contribution in [2.24, 2.45) is 11.8 Å². The molecule has 1 aromatic carbocycles. The minimum atomic E-state index is -0.817. The molecule has 0 radical (unpaired) electrons. The van der Waals surface area contributed by atoms with Gasteiger partial charge in [-0.1, -0.05) is 0 Å². The number of pyridine rings is 1. The van der Waals surface area contributed by atoms with Crippen LogP contribution in [0.3, 0.4) is 0 Å². The average Bonchev–Trinajstić information content (AvgIpc) is 3.08. The van der Waals surface area contributed by atoms with E-state index in [1.807, 2.05) is 0 Å². The van der Waals surface area contributed by atoms with Crippen molar-refractivity contribution in [2.75, 3.05) is 5.32 Å². The largest absolute Gasteiger partial charge is 0.481 e. The molecule has 0 saturated heterocycles. The Morgan fingerprint density at radius 2 is 1.62 bits per heavy atom. The third-order valence-corrected chi connectivity index (χ3v) is 4.16. The molecular formula is C18H18N2O4. The molecule has 124 valence electrons. The Kier molecular flexibility index (Phi) is 4.74. The monoisotopic (exact) mass is 326 g/mol. The van der Waals surface area contributed by atoms with Gasteiger partial charge in [0.1, 0.15) is 11.5 Å². The van der Waals surface area contributed by atoms with Gasteiger partial charge in [-0.15, -0.1) is 0 Å². The zero-order valence-corrected chi connectivity index (χ0v) is 13.0. The van der Waals surface area contributed by atoms with E-state index >= 15 is 0 Å². The van der Waals surface area contributed by atoms with E-state index in [2.05, 4.69) is 10.3 Å². The Labute approximate surface area is 139 Å². The predicted octanol–water partition coefficient (Wildman–Crippen LogP) is 3.31. The van der Waals surface area contributed by atoms with E-state index in [1.54, 1.807) is 48.8 Å². The maximum Gasteiger partial charge on any atom is 0.306 e. The van der Waals surface area contributed by atoms with Crippen LogP contribution < -0.4 is 10.1 Å². The number of nitrogens with zero attached hydrogens (tertiary/aromatic N) is 1. The highest BCUT2D eigenvalue weighted by Crippen LogP contribution is 2.32. The number of benzene rings is 1. The van der Waals surface area contributed by atoms with Gasteiger partial charge < -0.3 is 15.2 Å². The molecule has 3 rings (SSSR count). The minimum Gasteiger partial charge on any atom is -0.481 e. The van der Waals surface area contributed by atoms with Crippen molar-refractivity contribution in [3.8, 4) is 11.5 Å². The van der Waals surface area contributed by atoms with Gasteiger partial charge in [-0.2, -0.15) is 0 Å². The summed E-state index contributed by atoms with van der Waals surface area (Å²) in [7, 11) is 0. The molecule has 24 heavy (non-hydrogen) atoms. The summed E-state index contributed by atoms with van der Waals surface area (Å²) in [5.41, 5.74) is 0.667. The molecule has 1 fully saturated rings. The quantitative estimate of drug-likeness (QED) is 0.880. The molecule has 0 spiro atoms. The number of carbonyl (C=O) groups excluding carboxylic acids is 1. The molecule has 0 unspecified atom stereocenters. The molecule has 6 nitrogen and oxygen atoms in total. The highest BCUT2D eigenvalue weighted by molar-refractivity contribution is 5.93. The van der Waals surface area contributed by atoms with Crippen LogP contribution in [-0.2, 0) is 9.59 Å². The summed E-state index contributed by atoms with van der Waals surface area (Å²) in [6.45, 7) is 0. The van der Waals surface area contributed by atoms with E-state index in [1.165, 1.54) is 0 Å². The number of carboxylic acid groups (broad SMARTS) is 1. The van der Waals surface area contributed by atoms with Gasteiger partial charge >= 0.3 is 5.97 Å². The predicted molar refractivity (Wildman–Crippen MR) is 87.8 cm³/mol. The number of carboxylic acids is 1. The Hall–Kier alpha value is -2.89. The second-order valence-corrected chi connectivity index (χ2v) is 5.84. The lowest BCUT2D eigenvalue weighted by molar-refractivity contribution is -0.141. The Morgan fingerprint density at radius 1 is 1.00 bits per heavy atom. The SMILES string of the molecule is O=C(O)[C@@H]1CC[C@H](C(=O)Nc2ccc(Oc3ccncc3)cc2)C1. The van der Waals surface area contributed by atoms with Gasteiger partial charge in [-0.05, 0) is 55.7 Å². The Bertz CT molecular complexity index is 716. The number of rotatable bonds is 5. The lowest BCUT2D eigenvalue weighted by atomic mass is 10.0. The maximum atomic E-state index is 12.2. The number of hydrogen-bond acceptors (Lipinski definition) is 4. The fourth-order valence-electron chi connectivity index (χ4n) is 2.84. The zero-order valence-electron chi connectivity index (χ0n) is 13.0. The summed E-state index contributed by atoms with van der Waals surface area (Å²) >= 11 is 0. The number of nitrogens with one attached hydrogen (secondary N) is 1. The number of carbonyl (C=O) groups is 2. The molecule has 1 heterocycles. The molecule has 1 saturated carbocycles. The molecule has 0 aliphatic heterocycles. The first-order valence-corrected chi connectivity index (χ1v) is 7.83. The first-order valence-electron chi connectivity index (χ1n) is 7.83. The smallest absolute Gasteiger partial charge is 0.306 e.